The fourth-order valence-corrected chi connectivity index (χ4v) is 4.07. The minimum absolute atomic E-state index is 0.0489. The van der Waals surface area contributed by atoms with Crippen molar-refractivity contribution in [3.63, 3.8) is 0 Å². The maximum Gasteiger partial charge on any atom is 0.223 e. The molecule has 2 N–H and O–H groups in total. The lowest BCUT2D eigenvalue weighted by Gasteiger charge is -2.40. The van der Waals surface area contributed by atoms with Gasteiger partial charge in [-0.25, -0.2) is 0 Å². The Labute approximate surface area is 123 Å². The van der Waals surface area contributed by atoms with Crippen molar-refractivity contribution in [2.75, 3.05) is 13.2 Å². The number of carbonyl (C=O) groups is 1. The summed E-state index contributed by atoms with van der Waals surface area (Å²) in [6.45, 7) is 5.31. The van der Waals surface area contributed by atoms with Crippen LogP contribution >= 0.6 is 0 Å². The molecule has 0 aromatic carbocycles. The van der Waals surface area contributed by atoms with Crippen LogP contribution in [0.5, 0.6) is 0 Å². The molecule has 1 atom stereocenters. The summed E-state index contributed by atoms with van der Waals surface area (Å²) in [7, 11) is 0. The molecule has 3 nitrogen and oxygen atoms in total. The molecule has 2 saturated carbocycles. The second-order valence-electron chi connectivity index (χ2n) is 7.72. The molecule has 2 fully saturated rings. The molecule has 3 heteroatoms. The molecule has 1 amide bonds. The van der Waals surface area contributed by atoms with Crippen molar-refractivity contribution in [1.82, 2.24) is 5.32 Å². The van der Waals surface area contributed by atoms with Crippen LogP contribution in [-0.2, 0) is 4.79 Å². The van der Waals surface area contributed by atoms with E-state index in [1.165, 1.54) is 32.1 Å². The van der Waals surface area contributed by atoms with Gasteiger partial charge in [0.1, 0.15) is 0 Å². The van der Waals surface area contributed by atoms with Gasteiger partial charge in [0.15, 0.2) is 0 Å². The van der Waals surface area contributed by atoms with Gasteiger partial charge in [-0.3, -0.25) is 4.79 Å². The highest BCUT2D eigenvalue weighted by Crippen LogP contribution is 2.41. The third kappa shape index (κ3) is 3.55. The summed E-state index contributed by atoms with van der Waals surface area (Å²) < 4.78 is 0. The van der Waals surface area contributed by atoms with Gasteiger partial charge in [0.2, 0.25) is 5.91 Å². The first kappa shape index (κ1) is 15.8. The number of amides is 1. The lowest BCUT2D eigenvalue weighted by atomic mass is 9.68. The Morgan fingerprint density at radius 3 is 2.35 bits per heavy atom. The topological polar surface area (TPSA) is 49.3 Å². The van der Waals surface area contributed by atoms with Crippen LogP contribution in [0.25, 0.3) is 0 Å². The first-order chi connectivity index (χ1) is 9.49. The van der Waals surface area contributed by atoms with Crippen molar-refractivity contribution in [2.45, 2.75) is 71.6 Å². The number of hydrogen-bond acceptors (Lipinski definition) is 2. The van der Waals surface area contributed by atoms with Crippen LogP contribution in [0.15, 0.2) is 0 Å². The Bertz CT molecular complexity index is 332. The number of nitrogens with one attached hydrogen (secondary N) is 1. The minimum atomic E-state index is -0.0489. The summed E-state index contributed by atoms with van der Waals surface area (Å²) in [5, 5.41) is 12.9. The molecule has 0 aliphatic heterocycles. The molecule has 0 saturated heterocycles. The van der Waals surface area contributed by atoms with Crippen molar-refractivity contribution >= 4 is 5.91 Å². The maximum atomic E-state index is 12.5. The SMILES string of the molecule is CC1(C)CCCCC1C(=O)NCC1(CO)CCCCC1. The summed E-state index contributed by atoms with van der Waals surface area (Å²) in [4.78, 5) is 12.5. The highest BCUT2D eigenvalue weighted by Gasteiger charge is 2.38. The molecule has 0 spiro atoms. The Morgan fingerprint density at radius 2 is 1.75 bits per heavy atom. The zero-order valence-corrected chi connectivity index (χ0v) is 13.2. The molecule has 0 aromatic heterocycles. The van der Waals surface area contributed by atoms with Gasteiger partial charge < -0.3 is 10.4 Å². The number of carbonyl (C=O) groups excluding carboxylic acids is 1. The largest absolute Gasteiger partial charge is 0.396 e. The summed E-state index contributed by atoms with van der Waals surface area (Å²) in [5.41, 5.74) is 0.0774. The van der Waals surface area contributed by atoms with Gasteiger partial charge in [-0.15, -0.1) is 0 Å². The van der Waals surface area contributed by atoms with Crippen molar-refractivity contribution in [3.8, 4) is 0 Å². The highest BCUT2D eigenvalue weighted by atomic mass is 16.3. The van der Waals surface area contributed by atoms with E-state index in [1.807, 2.05) is 0 Å². The van der Waals surface area contributed by atoms with Crippen molar-refractivity contribution < 1.29 is 9.90 Å². The third-order valence-corrected chi connectivity index (χ3v) is 5.71. The molecule has 2 aliphatic rings. The summed E-state index contributed by atoms with van der Waals surface area (Å²) in [5.74, 6) is 0.365. The second-order valence-corrected chi connectivity index (χ2v) is 7.72. The maximum absolute atomic E-state index is 12.5. The van der Waals surface area contributed by atoms with Gasteiger partial charge in [-0.05, 0) is 31.1 Å². The molecule has 0 heterocycles. The van der Waals surface area contributed by atoms with Gasteiger partial charge in [-0.2, -0.15) is 0 Å². The summed E-state index contributed by atoms with van der Waals surface area (Å²) >= 11 is 0. The van der Waals surface area contributed by atoms with Crippen LogP contribution in [0.2, 0.25) is 0 Å². The molecule has 2 rings (SSSR count). The monoisotopic (exact) mass is 281 g/mol. The van der Waals surface area contributed by atoms with Gasteiger partial charge in [-0.1, -0.05) is 46.0 Å². The molecule has 0 radical (unpaired) electrons. The first-order valence-electron chi connectivity index (χ1n) is 8.38. The van der Waals surface area contributed by atoms with E-state index in [2.05, 4.69) is 19.2 Å². The van der Waals surface area contributed by atoms with E-state index in [0.29, 0.717) is 6.54 Å². The normalized spacial score (nSPS) is 28.9. The van der Waals surface area contributed by atoms with E-state index < -0.39 is 0 Å². The second kappa shape index (κ2) is 6.46. The van der Waals surface area contributed by atoms with Crippen LogP contribution in [0.1, 0.15) is 71.6 Å². The number of rotatable bonds is 4. The Morgan fingerprint density at radius 1 is 1.10 bits per heavy atom. The van der Waals surface area contributed by atoms with Crippen LogP contribution < -0.4 is 5.32 Å². The van der Waals surface area contributed by atoms with E-state index in [9.17, 15) is 9.90 Å². The van der Waals surface area contributed by atoms with Crippen molar-refractivity contribution in [1.29, 1.82) is 0 Å². The highest BCUT2D eigenvalue weighted by molar-refractivity contribution is 5.79. The number of aliphatic hydroxyl groups is 1. The smallest absolute Gasteiger partial charge is 0.223 e. The third-order valence-electron chi connectivity index (χ3n) is 5.71. The fourth-order valence-electron chi connectivity index (χ4n) is 4.07. The molecule has 20 heavy (non-hydrogen) atoms. The molecular formula is C17H31NO2. The Balaban J connectivity index is 1.90. The van der Waals surface area contributed by atoms with Gasteiger partial charge in [0.25, 0.3) is 0 Å². The Hall–Kier alpha value is -0.570. The van der Waals surface area contributed by atoms with Gasteiger partial charge in [0.05, 0.1) is 6.61 Å². The fraction of sp³-hybridized carbons (Fsp3) is 0.941. The number of aliphatic hydroxyl groups excluding tert-OH is 1. The minimum Gasteiger partial charge on any atom is -0.396 e. The van der Waals surface area contributed by atoms with Crippen LogP contribution in [0.3, 0.4) is 0 Å². The van der Waals surface area contributed by atoms with Gasteiger partial charge >= 0.3 is 0 Å². The van der Waals surface area contributed by atoms with E-state index >= 15 is 0 Å². The average molecular weight is 281 g/mol. The number of hydrogen-bond donors (Lipinski definition) is 2. The zero-order chi connectivity index (χ0) is 14.6. The van der Waals surface area contributed by atoms with E-state index in [4.69, 9.17) is 0 Å². The van der Waals surface area contributed by atoms with E-state index in [-0.39, 0.29) is 29.3 Å². The van der Waals surface area contributed by atoms with Crippen molar-refractivity contribution in [2.24, 2.45) is 16.7 Å². The predicted octanol–water partition coefficient (Wildman–Crippen LogP) is 3.26. The van der Waals surface area contributed by atoms with Crippen molar-refractivity contribution in [3.05, 3.63) is 0 Å². The predicted molar refractivity (Wildman–Crippen MR) is 81.4 cm³/mol. The quantitative estimate of drug-likeness (QED) is 0.831. The molecule has 2 aliphatic carbocycles. The lowest BCUT2D eigenvalue weighted by Crippen LogP contribution is -2.46. The lowest BCUT2D eigenvalue weighted by molar-refractivity contribution is -0.131. The van der Waals surface area contributed by atoms with Crippen LogP contribution in [-0.4, -0.2) is 24.2 Å². The van der Waals surface area contributed by atoms with Gasteiger partial charge in [0, 0.05) is 17.9 Å². The average Bonchev–Trinajstić information content (AvgIpc) is 2.45. The molecule has 0 bridgehead atoms. The first-order valence-corrected chi connectivity index (χ1v) is 8.38. The summed E-state index contributed by atoms with van der Waals surface area (Å²) in [6.07, 6.45) is 10.3. The molecule has 116 valence electrons. The van der Waals surface area contributed by atoms with Crippen LogP contribution in [0, 0.1) is 16.7 Å². The molecule has 1 unspecified atom stereocenters. The summed E-state index contributed by atoms with van der Waals surface area (Å²) in [6, 6.07) is 0. The molecule has 0 aromatic rings. The van der Waals surface area contributed by atoms with Crippen LogP contribution in [0.4, 0.5) is 0 Å². The standard InChI is InChI=1S/C17H31NO2/c1-16(2)9-7-4-8-14(16)15(20)18-12-17(13-19)10-5-3-6-11-17/h14,19H,3-13H2,1-2H3,(H,18,20). The zero-order valence-electron chi connectivity index (χ0n) is 13.2. The molecular weight excluding hydrogens is 250 g/mol. The Kier molecular flexibility index (Phi) is 5.11. The van der Waals surface area contributed by atoms with E-state index in [1.54, 1.807) is 0 Å². The van der Waals surface area contributed by atoms with E-state index in [0.717, 1.165) is 25.7 Å².